The molecule has 0 atom stereocenters. The Morgan fingerprint density at radius 2 is 1.92 bits per heavy atom. The molecule has 70 valence electrons. The molecule has 0 amide bonds. The van der Waals surface area contributed by atoms with Crippen molar-refractivity contribution in [3.8, 4) is 0 Å². The minimum Gasteiger partial charge on any atom is -0.466 e. The summed E-state index contributed by atoms with van der Waals surface area (Å²) in [6, 6.07) is 0. The first-order valence-corrected chi connectivity index (χ1v) is 7.65. The van der Waals surface area contributed by atoms with E-state index in [4.69, 9.17) is 4.74 Å². The summed E-state index contributed by atoms with van der Waals surface area (Å²) in [6.07, 6.45) is 0.815. The number of hydrogen-bond acceptors (Lipinski definition) is 2. The fraction of sp³-hybridized carbons (Fsp3) is 0.667. The van der Waals surface area contributed by atoms with E-state index in [1.54, 1.807) is 0 Å². The number of carbonyl (C=O) groups excluding carboxylic acids is 1. The van der Waals surface area contributed by atoms with Crippen LogP contribution >= 0.6 is 0 Å². The minimum absolute atomic E-state index is 0.210. The predicted octanol–water partition coefficient (Wildman–Crippen LogP) is 2.37. The van der Waals surface area contributed by atoms with E-state index in [2.05, 4.69) is 26.2 Å². The van der Waals surface area contributed by atoms with Crippen molar-refractivity contribution in [1.29, 1.82) is 0 Å². The summed E-state index contributed by atoms with van der Waals surface area (Å²) in [5.74, 6) is -0.210. The van der Waals surface area contributed by atoms with Crippen molar-refractivity contribution in [1.82, 2.24) is 0 Å². The Morgan fingerprint density at radius 1 is 1.42 bits per heavy atom. The van der Waals surface area contributed by atoms with Crippen molar-refractivity contribution in [2.45, 2.75) is 33.0 Å². The van der Waals surface area contributed by atoms with E-state index in [1.165, 1.54) is 12.1 Å². The van der Waals surface area contributed by atoms with Gasteiger partial charge in [-0.25, -0.2) is 0 Å². The summed E-state index contributed by atoms with van der Waals surface area (Å²) in [7, 11) is -1.22. The first kappa shape index (κ1) is 11.4. The Hall–Kier alpha value is -0.573. The summed E-state index contributed by atoms with van der Waals surface area (Å²) in [6.45, 7) is 12.6. The molecule has 0 N–H and O–H groups in total. The molecule has 0 saturated heterocycles. The Bertz CT molecular complexity index is 179. The van der Waals surface area contributed by atoms with Crippen molar-refractivity contribution in [3.63, 3.8) is 0 Å². The molecule has 0 unspecified atom stereocenters. The molecule has 0 bridgehead atoms. The van der Waals surface area contributed by atoms with Crippen LogP contribution in [0.2, 0.25) is 19.6 Å². The first-order valence-electron chi connectivity index (χ1n) is 4.15. The van der Waals surface area contributed by atoms with E-state index in [1.807, 2.05) is 0 Å². The van der Waals surface area contributed by atoms with Crippen molar-refractivity contribution >= 4 is 14.0 Å². The van der Waals surface area contributed by atoms with Crippen LogP contribution in [0.3, 0.4) is 0 Å². The normalized spacial score (nSPS) is 11.0. The SMILES string of the molecule is C=C(CCOC(C)=O)[Si](C)(C)C. The highest BCUT2D eigenvalue weighted by atomic mass is 28.3. The average molecular weight is 186 g/mol. The summed E-state index contributed by atoms with van der Waals surface area (Å²) in [5, 5.41) is 1.25. The van der Waals surface area contributed by atoms with Crippen LogP contribution in [-0.2, 0) is 9.53 Å². The Balaban J connectivity index is 3.66. The van der Waals surface area contributed by atoms with Gasteiger partial charge in [0.25, 0.3) is 0 Å². The standard InChI is InChI=1S/C9H18O2Si/c1-8(12(3,4)5)6-7-11-9(2)10/h1,6-7H2,2-5H3. The van der Waals surface area contributed by atoms with Gasteiger partial charge >= 0.3 is 5.97 Å². The lowest BCUT2D eigenvalue weighted by Gasteiger charge is -2.19. The molecule has 0 radical (unpaired) electrons. The van der Waals surface area contributed by atoms with Gasteiger partial charge in [0, 0.05) is 6.92 Å². The van der Waals surface area contributed by atoms with Gasteiger partial charge in [0.05, 0.1) is 14.7 Å². The second-order valence-corrected chi connectivity index (χ2v) is 9.15. The molecular weight excluding hydrogens is 168 g/mol. The Labute approximate surface area is 75.6 Å². The van der Waals surface area contributed by atoms with Crippen LogP contribution < -0.4 is 0 Å². The maximum atomic E-state index is 10.4. The number of carbonyl (C=O) groups is 1. The van der Waals surface area contributed by atoms with Gasteiger partial charge in [-0.15, -0.1) is 6.58 Å². The van der Waals surface area contributed by atoms with Gasteiger partial charge in [-0.2, -0.15) is 0 Å². The first-order chi connectivity index (χ1) is 5.34. The minimum atomic E-state index is -1.22. The zero-order valence-electron chi connectivity index (χ0n) is 8.44. The van der Waals surface area contributed by atoms with Crippen LogP contribution in [0.15, 0.2) is 11.8 Å². The smallest absolute Gasteiger partial charge is 0.302 e. The lowest BCUT2D eigenvalue weighted by molar-refractivity contribution is -0.140. The number of esters is 1. The lowest BCUT2D eigenvalue weighted by Crippen LogP contribution is -2.24. The van der Waals surface area contributed by atoms with Gasteiger partial charge in [0.15, 0.2) is 0 Å². The van der Waals surface area contributed by atoms with Crippen LogP contribution in [0.4, 0.5) is 0 Å². The highest BCUT2D eigenvalue weighted by Gasteiger charge is 2.16. The van der Waals surface area contributed by atoms with E-state index in [9.17, 15) is 4.79 Å². The van der Waals surface area contributed by atoms with Crippen molar-refractivity contribution in [2.24, 2.45) is 0 Å². The third-order valence-electron chi connectivity index (χ3n) is 1.77. The Morgan fingerprint density at radius 3 is 2.25 bits per heavy atom. The molecule has 12 heavy (non-hydrogen) atoms. The molecule has 0 aliphatic carbocycles. The average Bonchev–Trinajstić information content (AvgIpc) is 1.84. The third kappa shape index (κ3) is 5.13. The van der Waals surface area contributed by atoms with Crippen molar-refractivity contribution in [2.75, 3.05) is 6.61 Å². The topological polar surface area (TPSA) is 26.3 Å². The molecule has 0 rings (SSSR count). The summed E-state index contributed by atoms with van der Waals surface area (Å²) in [5.41, 5.74) is 0. The van der Waals surface area contributed by atoms with Crippen molar-refractivity contribution in [3.05, 3.63) is 11.8 Å². The number of ether oxygens (including phenoxy) is 1. The molecule has 0 aromatic heterocycles. The van der Waals surface area contributed by atoms with Crippen LogP contribution in [0.1, 0.15) is 13.3 Å². The van der Waals surface area contributed by atoms with Gasteiger partial charge in [-0.1, -0.05) is 24.8 Å². The second-order valence-electron chi connectivity index (χ2n) is 3.94. The zero-order valence-corrected chi connectivity index (χ0v) is 9.44. The molecular formula is C9H18O2Si. The molecule has 0 heterocycles. The fourth-order valence-electron chi connectivity index (χ4n) is 0.693. The maximum Gasteiger partial charge on any atom is 0.302 e. The fourth-order valence-corrected chi connectivity index (χ4v) is 1.55. The lowest BCUT2D eigenvalue weighted by atomic mass is 10.4. The van der Waals surface area contributed by atoms with Crippen molar-refractivity contribution < 1.29 is 9.53 Å². The van der Waals surface area contributed by atoms with E-state index >= 15 is 0 Å². The molecule has 3 heteroatoms. The third-order valence-corrected chi connectivity index (χ3v) is 4.14. The van der Waals surface area contributed by atoms with Crippen LogP contribution in [-0.4, -0.2) is 20.7 Å². The highest BCUT2D eigenvalue weighted by molar-refractivity contribution is 6.82. The molecule has 0 spiro atoms. The summed E-state index contributed by atoms with van der Waals surface area (Å²) >= 11 is 0. The molecule has 2 nitrogen and oxygen atoms in total. The monoisotopic (exact) mass is 186 g/mol. The maximum absolute atomic E-state index is 10.4. The van der Waals surface area contributed by atoms with Gasteiger partial charge in [-0.3, -0.25) is 4.79 Å². The molecule has 0 aliphatic rings. The molecule has 0 aromatic rings. The molecule has 0 aromatic carbocycles. The summed E-state index contributed by atoms with van der Waals surface area (Å²) < 4.78 is 4.83. The van der Waals surface area contributed by atoms with Crippen LogP contribution in [0, 0.1) is 0 Å². The summed E-state index contributed by atoms with van der Waals surface area (Å²) in [4.78, 5) is 10.4. The molecule has 0 aliphatic heterocycles. The molecule has 0 fully saturated rings. The van der Waals surface area contributed by atoms with Gasteiger partial charge in [-0.05, 0) is 6.42 Å². The zero-order chi connectivity index (χ0) is 9.78. The molecule has 0 saturated carbocycles. The highest BCUT2D eigenvalue weighted by Crippen LogP contribution is 2.15. The van der Waals surface area contributed by atoms with E-state index in [-0.39, 0.29) is 5.97 Å². The quantitative estimate of drug-likeness (QED) is 0.498. The van der Waals surface area contributed by atoms with Gasteiger partial charge in [0.1, 0.15) is 0 Å². The largest absolute Gasteiger partial charge is 0.466 e. The van der Waals surface area contributed by atoms with Crippen LogP contribution in [0.25, 0.3) is 0 Å². The van der Waals surface area contributed by atoms with Gasteiger partial charge in [0.2, 0.25) is 0 Å². The number of hydrogen-bond donors (Lipinski definition) is 0. The van der Waals surface area contributed by atoms with E-state index in [0.717, 1.165) is 6.42 Å². The number of rotatable bonds is 4. The van der Waals surface area contributed by atoms with Gasteiger partial charge < -0.3 is 4.74 Å². The Kier molecular flexibility index (Phi) is 4.24. The van der Waals surface area contributed by atoms with Crippen LogP contribution in [0.5, 0.6) is 0 Å². The second kappa shape index (κ2) is 4.45. The van der Waals surface area contributed by atoms with E-state index in [0.29, 0.717) is 6.61 Å². The predicted molar refractivity (Wildman–Crippen MR) is 53.7 cm³/mol. The van der Waals surface area contributed by atoms with E-state index < -0.39 is 8.07 Å².